The van der Waals surface area contributed by atoms with E-state index < -0.39 is 0 Å². The van der Waals surface area contributed by atoms with E-state index in [0.29, 0.717) is 11.5 Å². The first kappa shape index (κ1) is 13.0. The van der Waals surface area contributed by atoms with Gasteiger partial charge in [0.05, 0.1) is 0 Å². The largest absolute Gasteiger partial charge is 0.369 e. The summed E-state index contributed by atoms with van der Waals surface area (Å²) < 4.78 is 0. The Bertz CT molecular complexity index is 585. The topological polar surface area (TPSA) is 61.6 Å². The lowest BCUT2D eigenvalue weighted by molar-refractivity contribution is 0.556. The summed E-state index contributed by atoms with van der Waals surface area (Å²) in [5.74, 6) is 0.676. The molecule has 0 unspecified atom stereocenters. The van der Waals surface area contributed by atoms with Gasteiger partial charge in [0.25, 0.3) is 0 Å². The van der Waals surface area contributed by atoms with E-state index in [2.05, 4.69) is 41.3 Å². The molecule has 0 aliphatic rings. The first-order valence-electron chi connectivity index (χ1n) is 6.13. The number of nitrogens with one attached hydrogen (secondary N) is 1. The van der Waals surface area contributed by atoms with Crippen molar-refractivity contribution >= 4 is 5.82 Å². The monoisotopic (exact) mass is 252 g/mol. The summed E-state index contributed by atoms with van der Waals surface area (Å²) in [6.07, 6.45) is 1.40. The Hall–Kier alpha value is -2.41. The molecule has 4 heteroatoms. The minimum atomic E-state index is -0.0149. The number of hydrogen-bond donors (Lipinski definition) is 1. The van der Waals surface area contributed by atoms with Gasteiger partial charge in [-0.25, -0.2) is 9.97 Å². The van der Waals surface area contributed by atoms with Crippen molar-refractivity contribution in [2.75, 3.05) is 11.9 Å². The van der Waals surface area contributed by atoms with Crippen LogP contribution in [-0.2, 0) is 5.41 Å². The summed E-state index contributed by atoms with van der Waals surface area (Å²) in [5, 5.41) is 12.1. The van der Waals surface area contributed by atoms with Crippen LogP contribution in [0.25, 0.3) is 0 Å². The Morgan fingerprint density at radius 2 is 1.95 bits per heavy atom. The minimum absolute atomic E-state index is 0.0149. The maximum Gasteiger partial charge on any atom is 0.145 e. The smallest absolute Gasteiger partial charge is 0.145 e. The number of rotatable bonds is 4. The van der Waals surface area contributed by atoms with E-state index >= 15 is 0 Å². The van der Waals surface area contributed by atoms with Crippen molar-refractivity contribution in [3.05, 3.63) is 54.0 Å². The Balaban J connectivity index is 2.07. The molecule has 19 heavy (non-hydrogen) atoms. The van der Waals surface area contributed by atoms with Gasteiger partial charge in [0.1, 0.15) is 23.9 Å². The molecule has 1 heterocycles. The molecule has 0 atom stereocenters. The van der Waals surface area contributed by atoms with Gasteiger partial charge in [-0.1, -0.05) is 44.2 Å². The van der Waals surface area contributed by atoms with Gasteiger partial charge >= 0.3 is 0 Å². The van der Waals surface area contributed by atoms with E-state index in [1.54, 1.807) is 6.07 Å². The van der Waals surface area contributed by atoms with Crippen LogP contribution >= 0.6 is 0 Å². The first-order valence-corrected chi connectivity index (χ1v) is 6.13. The van der Waals surface area contributed by atoms with Crippen LogP contribution in [-0.4, -0.2) is 16.5 Å². The Morgan fingerprint density at radius 1 is 1.21 bits per heavy atom. The van der Waals surface area contributed by atoms with Crippen LogP contribution in [0.1, 0.15) is 25.1 Å². The molecule has 0 saturated heterocycles. The van der Waals surface area contributed by atoms with Crippen molar-refractivity contribution in [3.8, 4) is 6.07 Å². The normalized spacial score (nSPS) is 10.8. The van der Waals surface area contributed by atoms with Crippen molar-refractivity contribution in [1.82, 2.24) is 9.97 Å². The molecule has 0 amide bonds. The highest BCUT2D eigenvalue weighted by Gasteiger charge is 2.20. The lowest BCUT2D eigenvalue weighted by Crippen LogP contribution is -2.27. The number of nitrogens with zero attached hydrogens (tertiary/aromatic N) is 3. The van der Waals surface area contributed by atoms with E-state index in [0.717, 1.165) is 6.54 Å². The van der Waals surface area contributed by atoms with Crippen LogP contribution in [0.3, 0.4) is 0 Å². The third-order valence-corrected chi connectivity index (χ3v) is 3.05. The van der Waals surface area contributed by atoms with Crippen molar-refractivity contribution < 1.29 is 0 Å². The van der Waals surface area contributed by atoms with Crippen LogP contribution in [0.5, 0.6) is 0 Å². The van der Waals surface area contributed by atoms with Crippen molar-refractivity contribution in [1.29, 1.82) is 5.26 Å². The molecule has 0 aliphatic carbocycles. The molecule has 0 saturated carbocycles. The molecular formula is C15H16N4. The fourth-order valence-electron chi connectivity index (χ4n) is 1.82. The molecule has 0 fully saturated rings. The number of nitriles is 1. The summed E-state index contributed by atoms with van der Waals surface area (Å²) in [6, 6.07) is 14.0. The van der Waals surface area contributed by atoms with Crippen LogP contribution in [0, 0.1) is 11.3 Å². The molecule has 4 nitrogen and oxygen atoms in total. The van der Waals surface area contributed by atoms with Gasteiger partial charge in [-0.2, -0.15) is 5.26 Å². The zero-order valence-electron chi connectivity index (χ0n) is 11.1. The second kappa shape index (κ2) is 5.49. The number of anilines is 1. The molecule has 0 aliphatic heterocycles. The second-order valence-corrected chi connectivity index (χ2v) is 5.00. The Labute approximate surface area is 113 Å². The van der Waals surface area contributed by atoms with E-state index in [4.69, 9.17) is 5.26 Å². The molecule has 2 aromatic rings. The predicted octanol–water partition coefficient (Wildman–Crippen LogP) is 2.74. The quantitative estimate of drug-likeness (QED) is 0.908. The fourth-order valence-corrected chi connectivity index (χ4v) is 1.82. The summed E-state index contributed by atoms with van der Waals surface area (Å²) >= 11 is 0. The third kappa shape index (κ3) is 3.29. The molecule has 1 aromatic heterocycles. The Kier molecular flexibility index (Phi) is 3.76. The van der Waals surface area contributed by atoms with Gasteiger partial charge in [0.15, 0.2) is 0 Å². The number of aromatic nitrogens is 2. The summed E-state index contributed by atoms with van der Waals surface area (Å²) in [5.41, 5.74) is 1.62. The van der Waals surface area contributed by atoms with Crippen molar-refractivity contribution in [2.24, 2.45) is 0 Å². The standard InChI is InChI=1S/C15H16N4/c1-15(2,12-6-4-3-5-7-12)10-17-14-8-13(9-16)18-11-19-14/h3-8,11H,10H2,1-2H3,(H,17,18,19). The van der Waals surface area contributed by atoms with Crippen LogP contribution in [0.4, 0.5) is 5.82 Å². The summed E-state index contributed by atoms with van der Waals surface area (Å²) in [7, 11) is 0. The predicted molar refractivity (Wildman–Crippen MR) is 74.7 cm³/mol. The van der Waals surface area contributed by atoms with Gasteiger partial charge in [0, 0.05) is 18.0 Å². The van der Waals surface area contributed by atoms with Gasteiger partial charge in [0.2, 0.25) is 0 Å². The van der Waals surface area contributed by atoms with Gasteiger partial charge in [-0.15, -0.1) is 0 Å². The molecule has 2 rings (SSSR count). The van der Waals surface area contributed by atoms with Crippen LogP contribution < -0.4 is 5.32 Å². The Morgan fingerprint density at radius 3 is 2.63 bits per heavy atom. The molecule has 1 aromatic carbocycles. The molecular weight excluding hydrogens is 236 g/mol. The first-order chi connectivity index (χ1) is 9.12. The maximum absolute atomic E-state index is 8.80. The number of benzene rings is 1. The summed E-state index contributed by atoms with van der Waals surface area (Å²) in [6.45, 7) is 5.07. The number of hydrogen-bond acceptors (Lipinski definition) is 4. The molecule has 0 spiro atoms. The average Bonchev–Trinajstić information content (AvgIpc) is 2.46. The molecule has 0 bridgehead atoms. The minimum Gasteiger partial charge on any atom is -0.369 e. The van der Waals surface area contributed by atoms with E-state index in [1.807, 2.05) is 24.3 Å². The highest BCUT2D eigenvalue weighted by Crippen LogP contribution is 2.23. The van der Waals surface area contributed by atoms with Gasteiger partial charge < -0.3 is 5.32 Å². The van der Waals surface area contributed by atoms with Crippen LogP contribution in [0.15, 0.2) is 42.7 Å². The highest BCUT2D eigenvalue weighted by molar-refractivity contribution is 5.40. The molecule has 0 radical (unpaired) electrons. The van der Waals surface area contributed by atoms with Crippen LogP contribution in [0.2, 0.25) is 0 Å². The van der Waals surface area contributed by atoms with Crippen molar-refractivity contribution in [2.45, 2.75) is 19.3 Å². The molecule has 1 N–H and O–H groups in total. The van der Waals surface area contributed by atoms with E-state index in [1.165, 1.54) is 11.9 Å². The second-order valence-electron chi connectivity index (χ2n) is 5.00. The lowest BCUT2D eigenvalue weighted by atomic mass is 9.84. The van der Waals surface area contributed by atoms with E-state index in [-0.39, 0.29) is 5.41 Å². The fraction of sp³-hybridized carbons (Fsp3) is 0.267. The van der Waals surface area contributed by atoms with E-state index in [9.17, 15) is 0 Å². The zero-order chi connectivity index (χ0) is 13.7. The zero-order valence-corrected chi connectivity index (χ0v) is 11.1. The van der Waals surface area contributed by atoms with Gasteiger partial charge in [-0.05, 0) is 5.56 Å². The SMILES string of the molecule is CC(C)(CNc1cc(C#N)ncn1)c1ccccc1. The maximum atomic E-state index is 8.80. The lowest BCUT2D eigenvalue weighted by Gasteiger charge is -2.25. The van der Waals surface area contributed by atoms with Crippen molar-refractivity contribution in [3.63, 3.8) is 0 Å². The third-order valence-electron chi connectivity index (χ3n) is 3.05. The summed E-state index contributed by atoms with van der Waals surface area (Å²) in [4.78, 5) is 7.96. The highest BCUT2D eigenvalue weighted by atomic mass is 15.0. The van der Waals surface area contributed by atoms with Gasteiger partial charge in [-0.3, -0.25) is 0 Å². The molecule has 96 valence electrons. The average molecular weight is 252 g/mol.